The van der Waals surface area contributed by atoms with Gasteiger partial charge in [0.05, 0.1) is 5.52 Å². The Labute approximate surface area is 207 Å². The number of hydrogen-bond donors (Lipinski definition) is 0. The van der Waals surface area contributed by atoms with Crippen LogP contribution in [0, 0.1) is 0 Å². The van der Waals surface area contributed by atoms with Crippen LogP contribution in [0.2, 0.25) is 0 Å². The maximum absolute atomic E-state index is 6.65. The van der Waals surface area contributed by atoms with Crippen LogP contribution in [0.3, 0.4) is 0 Å². The molecule has 9 rings (SSSR count). The molecule has 0 atom stereocenters. The summed E-state index contributed by atoms with van der Waals surface area (Å²) in [7, 11) is 0. The predicted molar refractivity (Wildman–Crippen MR) is 149 cm³/mol. The molecule has 0 spiro atoms. The van der Waals surface area contributed by atoms with Gasteiger partial charge < -0.3 is 8.83 Å². The van der Waals surface area contributed by atoms with Crippen molar-refractivity contribution in [3.8, 4) is 6.01 Å². The third kappa shape index (κ3) is 2.26. The van der Waals surface area contributed by atoms with Gasteiger partial charge in [-0.15, -0.1) is 11.3 Å². The molecule has 4 nitrogen and oxygen atoms in total. The van der Waals surface area contributed by atoms with Gasteiger partial charge in [-0.2, -0.15) is 4.98 Å². The highest BCUT2D eigenvalue weighted by atomic mass is 32.1. The molecule has 0 fully saturated rings. The van der Waals surface area contributed by atoms with Crippen molar-refractivity contribution in [3.63, 3.8) is 0 Å². The maximum atomic E-state index is 6.65. The molecule has 0 aliphatic carbocycles. The molecule has 4 aromatic heterocycles. The number of benzene rings is 5. The number of thiophene rings is 1. The first-order valence-electron chi connectivity index (χ1n) is 11.9. The normalized spacial score (nSPS) is 12.4. The Morgan fingerprint density at radius 1 is 0.583 bits per heavy atom. The minimum Gasteiger partial charge on any atom is -0.454 e. The van der Waals surface area contributed by atoms with Crippen LogP contribution in [0.4, 0.5) is 0 Å². The molecule has 9 aromatic rings. The Kier molecular flexibility index (Phi) is 3.39. The van der Waals surface area contributed by atoms with Crippen LogP contribution in [-0.2, 0) is 0 Å². The third-order valence-corrected chi connectivity index (χ3v) is 8.39. The highest BCUT2D eigenvalue weighted by Gasteiger charge is 2.22. The molecule has 36 heavy (non-hydrogen) atoms. The second kappa shape index (κ2) is 6.53. The number of rotatable bonds is 1. The highest BCUT2D eigenvalue weighted by Crippen LogP contribution is 2.42. The molecule has 0 amide bonds. The first-order chi connectivity index (χ1) is 17.8. The molecule has 0 aliphatic heterocycles. The molecule has 0 radical (unpaired) electrons. The van der Waals surface area contributed by atoms with Gasteiger partial charge in [0, 0.05) is 41.7 Å². The molecule has 0 saturated carbocycles. The van der Waals surface area contributed by atoms with E-state index in [9.17, 15) is 0 Å². The fourth-order valence-corrected chi connectivity index (χ4v) is 6.81. The first kappa shape index (κ1) is 18.7. The van der Waals surface area contributed by atoms with Gasteiger partial charge in [-0.25, -0.2) is 0 Å². The van der Waals surface area contributed by atoms with Crippen LogP contribution in [0.1, 0.15) is 0 Å². The van der Waals surface area contributed by atoms with E-state index in [1.54, 1.807) is 11.3 Å². The lowest BCUT2D eigenvalue weighted by Gasteiger charge is -2.02. The molecule has 0 bridgehead atoms. The average molecular weight is 481 g/mol. The monoisotopic (exact) mass is 480 g/mol. The predicted octanol–water partition coefficient (Wildman–Crippen LogP) is 9.19. The van der Waals surface area contributed by atoms with Gasteiger partial charge in [-0.1, -0.05) is 60.7 Å². The Morgan fingerprint density at radius 3 is 2.31 bits per heavy atom. The lowest BCUT2D eigenvalue weighted by Crippen LogP contribution is -1.93. The second-order valence-electron chi connectivity index (χ2n) is 9.17. The molecule has 5 heteroatoms. The van der Waals surface area contributed by atoms with Gasteiger partial charge in [0.15, 0.2) is 11.2 Å². The number of hydrogen-bond acceptors (Lipinski definition) is 4. The highest BCUT2D eigenvalue weighted by molar-refractivity contribution is 7.26. The zero-order chi connectivity index (χ0) is 23.4. The summed E-state index contributed by atoms with van der Waals surface area (Å²) in [6.07, 6.45) is 0. The Morgan fingerprint density at radius 2 is 1.36 bits per heavy atom. The van der Waals surface area contributed by atoms with Gasteiger partial charge in [-0.3, -0.25) is 4.57 Å². The summed E-state index contributed by atoms with van der Waals surface area (Å²) in [5.74, 6) is 0. The van der Waals surface area contributed by atoms with Crippen LogP contribution in [0.25, 0.3) is 81.0 Å². The van der Waals surface area contributed by atoms with Crippen molar-refractivity contribution in [1.29, 1.82) is 0 Å². The number of oxazole rings is 1. The van der Waals surface area contributed by atoms with Crippen LogP contribution in [0.15, 0.2) is 106 Å². The summed E-state index contributed by atoms with van der Waals surface area (Å²) in [5, 5.41) is 6.78. The molecule has 5 aromatic carbocycles. The van der Waals surface area contributed by atoms with Gasteiger partial charge in [0.25, 0.3) is 0 Å². The minimum absolute atomic E-state index is 0.548. The summed E-state index contributed by atoms with van der Waals surface area (Å²) in [4.78, 5) is 5.01. The van der Waals surface area contributed by atoms with Crippen LogP contribution in [0.5, 0.6) is 0 Å². The van der Waals surface area contributed by atoms with Gasteiger partial charge in [0.2, 0.25) is 0 Å². The van der Waals surface area contributed by atoms with E-state index in [0.29, 0.717) is 6.01 Å². The minimum atomic E-state index is 0.548. The number of fused-ring (bicyclic) bond motifs is 12. The number of furan rings is 1. The molecule has 0 saturated heterocycles. The molecule has 0 N–H and O–H groups in total. The smallest absolute Gasteiger partial charge is 0.307 e. The fraction of sp³-hybridized carbons (Fsp3) is 0. The van der Waals surface area contributed by atoms with E-state index in [1.807, 2.05) is 18.2 Å². The van der Waals surface area contributed by atoms with Crippen molar-refractivity contribution in [1.82, 2.24) is 9.55 Å². The summed E-state index contributed by atoms with van der Waals surface area (Å²) in [6, 6.07) is 34.2. The molecular weight excluding hydrogens is 464 g/mol. The zero-order valence-corrected chi connectivity index (χ0v) is 19.7. The van der Waals surface area contributed by atoms with E-state index in [2.05, 4.69) is 83.4 Å². The van der Waals surface area contributed by atoms with E-state index in [1.165, 1.54) is 14.8 Å². The van der Waals surface area contributed by atoms with Crippen LogP contribution in [-0.4, -0.2) is 9.55 Å². The summed E-state index contributed by atoms with van der Waals surface area (Å²) >= 11 is 1.78. The third-order valence-electron chi connectivity index (χ3n) is 7.26. The molecule has 0 aliphatic rings. The standard InChI is InChI=1S/C31H16N2O2S/c1-4-10-23-17(7-1)19-13-14-20-18-8-2-5-11-24(18)34-29(20)28(19)33(23)31-32-22-15-16-26-27(30(22)35-31)21-9-3-6-12-25(21)36-26/h1-16H. The maximum Gasteiger partial charge on any atom is 0.307 e. The van der Waals surface area contributed by atoms with E-state index >= 15 is 0 Å². The van der Waals surface area contributed by atoms with Crippen molar-refractivity contribution in [2.45, 2.75) is 0 Å². The SMILES string of the molecule is c1ccc2c(c1)oc1c2ccc2c3ccccc3n(-c3nc4ccc5sc6ccccc6c5c4o3)c21. The first-order valence-corrected chi connectivity index (χ1v) is 12.7. The van der Waals surface area contributed by atoms with Crippen LogP contribution >= 0.6 is 11.3 Å². The summed E-state index contributed by atoms with van der Waals surface area (Å²) in [5.41, 5.74) is 5.41. The molecule has 4 heterocycles. The number of aromatic nitrogens is 2. The molecule has 168 valence electrons. The Hall–Kier alpha value is -4.61. The van der Waals surface area contributed by atoms with E-state index in [0.717, 1.165) is 60.2 Å². The zero-order valence-electron chi connectivity index (χ0n) is 18.9. The topological polar surface area (TPSA) is 44.1 Å². The van der Waals surface area contributed by atoms with Crippen molar-refractivity contribution < 1.29 is 8.83 Å². The summed E-state index contributed by atoms with van der Waals surface area (Å²) in [6.45, 7) is 0. The van der Waals surface area contributed by atoms with Crippen molar-refractivity contribution in [2.24, 2.45) is 0 Å². The van der Waals surface area contributed by atoms with Crippen LogP contribution < -0.4 is 0 Å². The number of nitrogens with zero attached hydrogens (tertiary/aromatic N) is 2. The second-order valence-corrected chi connectivity index (χ2v) is 10.3. The molecule has 0 unspecified atom stereocenters. The molecular formula is C31H16N2O2S. The lowest BCUT2D eigenvalue weighted by atomic mass is 10.1. The number of para-hydroxylation sites is 2. The van der Waals surface area contributed by atoms with Gasteiger partial charge >= 0.3 is 6.01 Å². The Balaban J connectivity index is 1.47. The van der Waals surface area contributed by atoms with E-state index in [-0.39, 0.29) is 0 Å². The largest absolute Gasteiger partial charge is 0.454 e. The lowest BCUT2D eigenvalue weighted by molar-refractivity contribution is 0.576. The van der Waals surface area contributed by atoms with Crippen molar-refractivity contribution in [3.05, 3.63) is 97.1 Å². The summed E-state index contributed by atoms with van der Waals surface area (Å²) < 4.78 is 17.7. The van der Waals surface area contributed by atoms with Crippen molar-refractivity contribution >= 4 is 86.4 Å². The van der Waals surface area contributed by atoms with Gasteiger partial charge in [0.1, 0.15) is 16.6 Å². The Bertz CT molecular complexity index is 2330. The van der Waals surface area contributed by atoms with Crippen molar-refractivity contribution in [2.75, 3.05) is 0 Å². The quantitative estimate of drug-likeness (QED) is 0.235. The van der Waals surface area contributed by atoms with Gasteiger partial charge in [-0.05, 0) is 36.4 Å². The van der Waals surface area contributed by atoms with E-state index in [4.69, 9.17) is 13.8 Å². The van der Waals surface area contributed by atoms with E-state index < -0.39 is 0 Å². The average Bonchev–Trinajstić information content (AvgIpc) is 3.67. The fourth-order valence-electron chi connectivity index (χ4n) is 5.71.